The second kappa shape index (κ2) is 10.1. The quantitative estimate of drug-likeness (QED) is 0.392. The Hall–Kier alpha value is -2.45. The third-order valence-corrected chi connectivity index (χ3v) is 13.3. The molecule has 0 bridgehead atoms. The van der Waals surface area contributed by atoms with E-state index in [2.05, 4.69) is 9.80 Å². The lowest BCUT2D eigenvalue weighted by atomic mass is 9.70. The Morgan fingerprint density at radius 2 is 1.71 bits per heavy atom. The van der Waals surface area contributed by atoms with Crippen LogP contribution < -0.4 is 4.90 Å². The van der Waals surface area contributed by atoms with Gasteiger partial charge < -0.3 is 14.5 Å². The Morgan fingerprint density at radius 3 is 2.37 bits per heavy atom. The van der Waals surface area contributed by atoms with E-state index in [-0.39, 0.29) is 34.0 Å². The zero-order valence-electron chi connectivity index (χ0n) is 23.9. The number of rotatable bonds is 8. The molecule has 0 aromatic heterocycles. The van der Waals surface area contributed by atoms with Gasteiger partial charge in [0.25, 0.3) is 0 Å². The second-order valence-electron chi connectivity index (χ2n) is 13.4. The first-order valence-corrected chi connectivity index (χ1v) is 17.0. The summed E-state index contributed by atoms with van der Waals surface area (Å²) >= 11 is 0. The molecule has 1 spiro atoms. The summed E-state index contributed by atoms with van der Waals surface area (Å²) in [5.41, 5.74) is 1.56. The van der Waals surface area contributed by atoms with E-state index in [4.69, 9.17) is 4.74 Å². The predicted octanol–water partition coefficient (Wildman–Crippen LogP) is 5.35. The van der Waals surface area contributed by atoms with Crippen LogP contribution in [-0.4, -0.2) is 63.4 Å². The molecule has 0 radical (unpaired) electrons. The Bertz CT molecular complexity index is 1410. The number of likely N-dealkylation sites (tertiary alicyclic amines) is 1. The maximum absolute atomic E-state index is 15.4. The molecule has 2 unspecified atom stereocenters. The van der Waals surface area contributed by atoms with Crippen LogP contribution in [0.5, 0.6) is 0 Å². The molecule has 220 valence electrons. The van der Waals surface area contributed by atoms with Gasteiger partial charge >= 0.3 is 5.97 Å². The Morgan fingerprint density at radius 1 is 1.00 bits per heavy atom. The zero-order chi connectivity index (χ0) is 28.4. The number of sulfone groups is 1. The number of esters is 1. The Balaban J connectivity index is 0.975. The average molecular weight is 581 g/mol. The molecule has 3 atom stereocenters. The third kappa shape index (κ3) is 4.60. The lowest BCUT2D eigenvalue weighted by Gasteiger charge is -2.45. The molecule has 7 rings (SSSR count). The minimum Gasteiger partial charge on any atom is -0.462 e. The van der Waals surface area contributed by atoms with E-state index in [1.165, 1.54) is 6.92 Å². The number of nitrogens with zero attached hydrogens (tertiary/aromatic N) is 2. The van der Waals surface area contributed by atoms with Gasteiger partial charge in [0.05, 0.1) is 10.1 Å². The predicted molar refractivity (Wildman–Crippen MR) is 156 cm³/mol. The van der Waals surface area contributed by atoms with Gasteiger partial charge in [-0.3, -0.25) is 4.79 Å². The van der Waals surface area contributed by atoms with Crippen LogP contribution in [-0.2, 0) is 24.8 Å². The molecule has 2 saturated heterocycles. The van der Waals surface area contributed by atoms with E-state index in [0.29, 0.717) is 16.7 Å². The van der Waals surface area contributed by atoms with Crippen LogP contribution in [0.2, 0.25) is 0 Å². The molecule has 2 aromatic rings. The smallest absolute Gasteiger partial charge is 0.302 e. The number of carbonyl (C=O) groups is 1. The van der Waals surface area contributed by atoms with Gasteiger partial charge in [-0.1, -0.05) is 18.2 Å². The van der Waals surface area contributed by atoms with E-state index < -0.39 is 9.84 Å². The van der Waals surface area contributed by atoms with Crippen LogP contribution in [0.1, 0.15) is 63.9 Å². The van der Waals surface area contributed by atoms with Crippen molar-refractivity contribution in [2.75, 3.05) is 37.6 Å². The van der Waals surface area contributed by atoms with E-state index in [0.717, 1.165) is 95.3 Å². The SMILES string of the molecule is CC(=O)O[C@H]1CCCC12CC2(c1ccccc1F)C1CCN(CC2CN(c3ccc(S(=O)(=O)C4CC4)cc3)C2)CC1. The van der Waals surface area contributed by atoms with Crippen molar-refractivity contribution >= 4 is 21.5 Å². The maximum atomic E-state index is 15.4. The summed E-state index contributed by atoms with van der Waals surface area (Å²) in [5, 5.41) is -0.175. The number of ether oxygens (including phenoxy) is 1. The summed E-state index contributed by atoms with van der Waals surface area (Å²) in [6, 6.07) is 14.8. The number of carbonyl (C=O) groups excluding carboxylic acids is 1. The monoisotopic (exact) mass is 580 g/mol. The summed E-state index contributed by atoms with van der Waals surface area (Å²) < 4.78 is 46.2. The van der Waals surface area contributed by atoms with Crippen molar-refractivity contribution in [3.05, 3.63) is 59.9 Å². The van der Waals surface area contributed by atoms with Gasteiger partial charge in [-0.05, 0) is 106 Å². The molecule has 5 aliphatic rings. The van der Waals surface area contributed by atoms with Crippen molar-refractivity contribution in [1.29, 1.82) is 0 Å². The molecule has 6 nitrogen and oxygen atoms in total. The Labute approximate surface area is 243 Å². The van der Waals surface area contributed by atoms with E-state index in [1.54, 1.807) is 24.3 Å². The van der Waals surface area contributed by atoms with Crippen LogP contribution in [0.4, 0.5) is 10.1 Å². The van der Waals surface area contributed by atoms with Crippen molar-refractivity contribution in [2.45, 2.75) is 80.0 Å². The highest BCUT2D eigenvalue weighted by Crippen LogP contribution is 2.76. The highest BCUT2D eigenvalue weighted by Gasteiger charge is 2.76. The molecule has 2 aromatic carbocycles. The Kier molecular flexibility index (Phi) is 6.73. The van der Waals surface area contributed by atoms with Crippen molar-refractivity contribution in [2.24, 2.45) is 17.3 Å². The number of anilines is 1. The summed E-state index contributed by atoms with van der Waals surface area (Å²) in [4.78, 5) is 17.3. The molecule has 41 heavy (non-hydrogen) atoms. The van der Waals surface area contributed by atoms with Crippen LogP contribution in [0.15, 0.2) is 53.4 Å². The third-order valence-electron chi connectivity index (χ3n) is 11.0. The number of hydrogen-bond acceptors (Lipinski definition) is 6. The fraction of sp³-hybridized carbons (Fsp3) is 0.606. The number of hydrogen-bond donors (Lipinski definition) is 0. The van der Waals surface area contributed by atoms with Crippen molar-refractivity contribution < 1.29 is 22.3 Å². The second-order valence-corrected chi connectivity index (χ2v) is 15.6. The van der Waals surface area contributed by atoms with Crippen LogP contribution >= 0.6 is 0 Å². The van der Waals surface area contributed by atoms with Gasteiger partial charge in [0, 0.05) is 49.0 Å². The molecule has 2 heterocycles. The highest BCUT2D eigenvalue weighted by molar-refractivity contribution is 7.92. The van der Waals surface area contributed by atoms with Crippen LogP contribution in [0.25, 0.3) is 0 Å². The molecule has 0 N–H and O–H groups in total. The standard InChI is InChI=1S/C33H41FN2O4S/c1-23(37)40-31-7-4-16-32(31)22-33(32,29-5-2-3-6-30(29)34)25-14-17-35(18-15-25)19-24-20-36(21-24)26-8-10-27(11-9-26)41(38,39)28-12-13-28/h2-3,5-6,8-11,24-25,28,31H,4,7,12-22H2,1H3/t31-,32?,33?/m0/s1. The molecule has 2 aliphatic heterocycles. The van der Waals surface area contributed by atoms with Crippen LogP contribution in [0.3, 0.4) is 0 Å². The van der Waals surface area contributed by atoms with Gasteiger partial charge in [-0.15, -0.1) is 0 Å². The van der Waals surface area contributed by atoms with Gasteiger partial charge in [0.15, 0.2) is 9.84 Å². The van der Waals surface area contributed by atoms with Gasteiger partial charge in [-0.2, -0.15) is 0 Å². The molecule has 0 amide bonds. The fourth-order valence-corrected chi connectivity index (χ4v) is 10.5. The first-order chi connectivity index (χ1) is 19.7. The number of halogens is 1. The summed E-state index contributed by atoms with van der Waals surface area (Å²) in [7, 11) is -3.14. The maximum Gasteiger partial charge on any atom is 0.302 e. The summed E-state index contributed by atoms with van der Waals surface area (Å²) in [6.45, 7) is 6.56. The molecular formula is C33H41FN2O4S. The van der Waals surface area contributed by atoms with Crippen molar-refractivity contribution in [3.8, 4) is 0 Å². The minimum atomic E-state index is -3.14. The first-order valence-electron chi connectivity index (χ1n) is 15.5. The van der Waals surface area contributed by atoms with Gasteiger partial charge in [0.1, 0.15) is 11.9 Å². The fourth-order valence-electron chi connectivity index (χ4n) is 8.82. The van der Waals surface area contributed by atoms with Crippen LogP contribution in [0, 0.1) is 23.1 Å². The molecular weight excluding hydrogens is 539 g/mol. The van der Waals surface area contributed by atoms with Gasteiger partial charge in [-0.25, -0.2) is 12.8 Å². The van der Waals surface area contributed by atoms with Crippen molar-refractivity contribution in [1.82, 2.24) is 4.90 Å². The molecule has 5 fully saturated rings. The largest absolute Gasteiger partial charge is 0.462 e. The topological polar surface area (TPSA) is 66.9 Å². The van der Waals surface area contributed by atoms with E-state index in [1.807, 2.05) is 24.3 Å². The lowest BCUT2D eigenvalue weighted by Crippen LogP contribution is -2.53. The minimum absolute atomic E-state index is 0.110. The van der Waals surface area contributed by atoms with E-state index >= 15 is 4.39 Å². The highest BCUT2D eigenvalue weighted by atomic mass is 32.2. The molecule has 3 saturated carbocycles. The average Bonchev–Trinajstić information content (AvgIpc) is 3.85. The summed E-state index contributed by atoms with van der Waals surface area (Å²) in [6.07, 6.45) is 7.38. The normalized spacial score (nSPS) is 30.9. The molecule has 8 heteroatoms. The number of piperidine rings is 1. The van der Waals surface area contributed by atoms with Crippen molar-refractivity contribution in [3.63, 3.8) is 0 Å². The first kappa shape index (κ1) is 27.4. The number of benzene rings is 2. The lowest BCUT2D eigenvalue weighted by molar-refractivity contribution is -0.149. The molecule has 3 aliphatic carbocycles. The van der Waals surface area contributed by atoms with E-state index in [9.17, 15) is 13.2 Å². The summed E-state index contributed by atoms with van der Waals surface area (Å²) in [5.74, 6) is 0.634. The zero-order valence-corrected chi connectivity index (χ0v) is 24.8. The van der Waals surface area contributed by atoms with Gasteiger partial charge in [0.2, 0.25) is 0 Å².